The van der Waals surface area contributed by atoms with Gasteiger partial charge in [-0.05, 0) is 12.8 Å². The average molecular weight is 308 g/mol. The number of aryl methyl sites for hydroxylation is 1. The van der Waals surface area contributed by atoms with E-state index in [1.165, 1.54) is 0 Å². The molecule has 1 aromatic heterocycles. The van der Waals surface area contributed by atoms with Crippen molar-refractivity contribution in [3.8, 4) is 0 Å². The molecule has 0 radical (unpaired) electrons. The SMILES string of the molecule is O=C(CCc1nccs1)N1CCC[C@@H](N2CCNC2=O)C1. The van der Waals surface area contributed by atoms with Crippen LogP contribution in [0.4, 0.5) is 4.79 Å². The molecule has 0 saturated carbocycles. The van der Waals surface area contributed by atoms with E-state index in [0.717, 1.165) is 30.9 Å². The number of carbonyl (C=O) groups excluding carboxylic acids is 2. The fourth-order valence-electron chi connectivity index (χ4n) is 3.02. The molecule has 1 atom stereocenters. The first-order chi connectivity index (χ1) is 10.2. The number of urea groups is 1. The summed E-state index contributed by atoms with van der Waals surface area (Å²) in [7, 11) is 0. The number of nitrogens with zero attached hydrogens (tertiary/aromatic N) is 3. The molecular weight excluding hydrogens is 288 g/mol. The first kappa shape index (κ1) is 14.3. The van der Waals surface area contributed by atoms with Gasteiger partial charge in [-0.15, -0.1) is 11.3 Å². The maximum atomic E-state index is 12.3. The number of nitrogens with one attached hydrogen (secondary N) is 1. The van der Waals surface area contributed by atoms with Crippen LogP contribution in [0.15, 0.2) is 11.6 Å². The largest absolute Gasteiger partial charge is 0.341 e. The number of thiazole rings is 1. The Morgan fingerprint density at radius 3 is 3.10 bits per heavy atom. The Kier molecular flexibility index (Phi) is 4.38. The summed E-state index contributed by atoms with van der Waals surface area (Å²) in [6.45, 7) is 2.95. The second-order valence-corrected chi connectivity index (χ2v) is 6.47. The van der Waals surface area contributed by atoms with Crippen LogP contribution in [0.2, 0.25) is 0 Å². The summed E-state index contributed by atoms with van der Waals surface area (Å²) in [5.41, 5.74) is 0. The van der Waals surface area contributed by atoms with Crippen molar-refractivity contribution in [2.45, 2.75) is 31.7 Å². The zero-order chi connectivity index (χ0) is 14.7. The average Bonchev–Trinajstić information content (AvgIpc) is 3.16. The molecule has 3 rings (SSSR count). The van der Waals surface area contributed by atoms with E-state index >= 15 is 0 Å². The van der Waals surface area contributed by atoms with Crippen molar-refractivity contribution < 1.29 is 9.59 Å². The molecule has 2 aliphatic heterocycles. The summed E-state index contributed by atoms with van der Waals surface area (Å²) >= 11 is 1.59. The van der Waals surface area contributed by atoms with Gasteiger partial charge in [0.1, 0.15) is 0 Å². The molecular formula is C14H20N4O2S. The Labute approximate surface area is 128 Å². The second kappa shape index (κ2) is 6.43. The molecule has 7 heteroatoms. The number of amides is 3. The fraction of sp³-hybridized carbons (Fsp3) is 0.643. The van der Waals surface area contributed by atoms with Crippen molar-refractivity contribution in [1.82, 2.24) is 20.1 Å². The molecule has 3 heterocycles. The van der Waals surface area contributed by atoms with Crippen molar-refractivity contribution >= 4 is 23.3 Å². The lowest BCUT2D eigenvalue weighted by Crippen LogP contribution is -2.50. The molecule has 1 N–H and O–H groups in total. The van der Waals surface area contributed by atoms with E-state index in [-0.39, 0.29) is 18.0 Å². The summed E-state index contributed by atoms with van der Waals surface area (Å²) in [5.74, 6) is 0.175. The van der Waals surface area contributed by atoms with Crippen molar-refractivity contribution in [2.24, 2.45) is 0 Å². The van der Waals surface area contributed by atoms with Gasteiger partial charge in [0.15, 0.2) is 0 Å². The van der Waals surface area contributed by atoms with E-state index < -0.39 is 0 Å². The van der Waals surface area contributed by atoms with Gasteiger partial charge in [0, 0.05) is 50.6 Å². The summed E-state index contributed by atoms with van der Waals surface area (Å²) < 4.78 is 0. The van der Waals surface area contributed by atoms with Gasteiger partial charge < -0.3 is 15.1 Å². The lowest BCUT2D eigenvalue weighted by atomic mass is 10.0. The van der Waals surface area contributed by atoms with E-state index in [1.807, 2.05) is 15.2 Å². The number of likely N-dealkylation sites (tertiary alicyclic amines) is 1. The fourth-order valence-corrected chi connectivity index (χ4v) is 3.64. The third-order valence-corrected chi connectivity index (χ3v) is 4.96. The molecule has 21 heavy (non-hydrogen) atoms. The molecule has 0 aliphatic carbocycles. The van der Waals surface area contributed by atoms with Crippen molar-refractivity contribution in [2.75, 3.05) is 26.2 Å². The standard InChI is InChI=1S/C14H20N4O2S/c19-13(4-3-12-15-6-9-21-12)17-7-1-2-11(10-17)18-8-5-16-14(18)20/h6,9,11H,1-5,7-8,10H2,(H,16,20)/t11-/m1/s1. The minimum atomic E-state index is 0.0112. The Bertz CT molecular complexity index is 505. The Balaban J connectivity index is 1.52. The summed E-state index contributed by atoms with van der Waals surface area (Å²) in [6, 6.07) is 0.183. The van der Waals surface area contributed by atoms with Crippen LogP contribution in [0.5, 0.6) is 0 Å². The van der Waals surface area contributed by atoms with Crippen LogP contribution in [0.3, 0.4) is 0 Å². The maximum absolute atomic E-state index is 12.3. The second-order valence-electron chi connectivity index (χ2n) is 5.49. The molecule has 6 nitrogen and oxygen atoms in total. The molecule has 114 valence electrons. The molecule has 0 unspecified atom stereocenters. The lowest BCUT2D eigenvalue weighted by molar-refractivity contribution is -0.133. The van der Waals surface area contributed by atoms with Crippen molar-refractivity contribution in [1.29, 1.82) is 0 Å². The number of carbonyl (C=O) groups is 2. The molecule has 2 fully saturated rings. The summed E-state index contributed by atoms with van der Waals surface area (Å²) in [6.07, 6.45) is 4.95. The summed E-state index contributed by atoms with van der Waals surface area (Å²) in [5, 5.41) is 5.77. The van der Waals surface area contributed by atoms with Crippen LogP contribution < -0.4 is 5.32 Å². The van der Waals surface area contributed by atoms with Crippen LogP contribution in [-0.4, -0.2) is 58.9 Å². The van der Waals surface area contributed by atoms with Gasteiger partial charge in [0.05, 0.1) is 11.0 Å². The molecule has 0 bridgehead atoms. The first-order valence-corrected chi connectivity index (χ1v) is 8.32. The van der Waals surface area contributed by atoms with Crippen LogP contribution in [0, 0.1) is 0 Å². The van der Waals surface area contributed by atoms with Crippen molar-refractivity contribution in [3.05, 3.63) is 16.6 Å². The van der Waals surface area contributed by atoms with Crippen LogP contribution in [-0.2, 0) is 11.2 Å². The Hall–Kier alpha value is -1.63. The Morgan fingerprint density at radius 2 is 2.38 bits per heavy atom. The van der Waals surface area contributed by atoms with Crippen LogP contribution >= 0.6 is 11.3 Å². The van der Waals surface area contributed by atoms with Gasteiger partial charge in [-0.2, -0.15) is 0 Å². The van der Waals surface area contributed by atoms with E-state index in [4.69, 9.17) is 0 Å². The van der Waals surface area contributed by atoms with Gasteiger partial charge in [-0.1, -0.05) is 0 Å². The van der Waals surface area contributed by atoms with Crippen LogP contribution in [0.1, 0.15) is 24.3 Å². The highest BCUT2D eigenvalue weighted by atomic mass is 32.1. The molecule has 0 spiro atoms. The third-order valence-electron chi connectivity index (χ3n) is 4.12. The van der Waals surface area contributed by atoms with Gasteiger partial charge in [-0.3, -0.25) is 4.79 Å². The van der Waals surface area contributed by atoms with Gasteiger partial charge in [0.2, 0.25) is 5.91 Å². The quantitative estimate of drug-likeness (QED) is 0.905. The smallest absolute Gasteiger partial charge is 0.317 e. The highest BCUT2D eigenvalue weighted by Gasteiger charge is 2.32. The zero-order valence-corrected chi connectivity index (χ0v) is 12.8. The zero-order valence-electron chi connectivity index (χ0n) is 12.0. The molecule has 1 aromatic rings. The van der Waals surface area contributed by atoms with E-state index in [1.54, 1.807) is 17.5 Å². The third kappa shape index (κ3) is 3.34. The van der Waals surface area contributed by atoms with Gasteiger partial charge >= 0.3 is 6.03 Å². The van der Waals surface area contributed by atoms with Gasteiger partial charge in [0.25, 0.3) is 0 Å². The number of hydrogen-bond donors (Lipinski definition) is 1. The minimum Gasteiger partial charge on any atom is -0.341 e. The minimum absolute atomic E-state index is 0.0112. The summed E-state index contributed by atoms with van der Waals surface area (Å²) in [4.78, 5) is 32.0. The Morgan fingerprint density at radius 1 is 1.48 bits per heavy atom. The topological polar surface area (TPSA) is 65.5 Å². The molecule has 2 aliphatic rings. The predicted octanol–water partition coefficient (Wildman–Crippen LogP) is 1.09. The lowest BCUT2D eigenvalue weighted by Gasteiger charge is -2.37. The molecule has 2 saturated heterocycles. The number of aromatic nitrogens is 1. The molecule has 3 amide bonds. The van der Waals surface area contributed by atoms with Crippen molar-refractivity contribution in [3.63, 3.8) is 0 Å². The normalized spacial score (nSPS) is 22.5. The predicted molar refractivity (Wildman–Crippen MR) is 80.1 cm³/mol. The van der Waals surface area contributed by atoms with E-state index in [0.29, 0.717) is 25.9 Å². The highest BCUT2D eigenvalue weighted by molar-refractivity contribution is 7.09. The van der Waals surface area contributed by atoms with Gasteiger partial charge in [-0.25, -0.2) is 9.78 Å². The number of hydrogen-bond acceptors (Lipinski definition) is 4. The van der Waals surface area contributed by atoms with E-state index in [9.17, 15) is 9.59 Å². The monoisotopic (exact) mass is 308 g/mol. The molecule has 0 aromatic carbocycles. The van der Waals surface area contributed by atoms with Crippen LogP contribution in [0.25, 0.3) is 0 Å². The first-order valence-electron chi connectivity index (χ1n) is 7.44. The highest BCUT2D eigenvalue weighted by Crippen LogP contribution is 2.19. The van der Waals surface area contributed by atoms with E-state index in [2.05, 4.69) is 10.3 Å². The maximum Gasteiger partial charge on any atom is 0.317 e. The number of rotatable bonds is 4. The number of piperidine rings is 1.